The van der Waals surface area contributed by atoms with Crippen molar-refractivity contribution in [3.05, 3.63) is 23.8 Å². The fraction of sp³-hybridized carbons (Fsp3) is 0.682. The molecule has 0 amide bonds. The summed E-state index contributed by atoms with van der Waals surface area (Å²) in [6.07, 6.45) is 3.44. The Balaban J connectivity index is 1.52. The van der Waals surface area contributed by atoms with Gasteiger partial charge in [-0.15, -0.1) is 0 Å². The number of rotatable bonds is 8. The molecule has 29 heavy (non-hydrogen) atoms. The van der Waals surface area contributed by atoms with Gasteiger partial charge in [-0.3, -0.25) is 4.99 Å². The van der Waals surface area contributed by atoms with Crippen LogP contribution >= 0.6 is 0 Å². The quantitative estimate of drug-likeness (QED) is 0.530. The zero-order chi connectivity index (χ0) is 20.5. The summed E-state index contributed by atoms with van der Waals surface area (Å²) in [5.74, 6) is 2.53. The zero-order valence-corrected chi connectivity index (χ0v) is 18.0. The van der Waals surface area contributed by atoms with Crippen molar-refractivity contribution in [2.24, 2.45) is 4.99 Å². The molecule has 7 nitrogen and oxygen atoms in total. The van der Waals surface area contributed by atoms with Crippen molar-refractivity contribution >= 4 is 5.96 Å². The van der Waals surface area contributed by atoms with Gasteiger partial charge in [-0.2, -0.15) is 0 Å². The molecule has 0 spiro atoms. The maximum absolute atomic E-state index is 5.95. The minimum absolute atomic E-state index is 0.129. The van der Waals surface area contributed by atoms with Crippen LogP contribution in [0.2, 0.25) is 0 Å². The first-order valence-corrected chi connectivity index (χ1v) is 10.8. The van der Waals surface area contributed by atoms with Crippen LogP contribution in [-0.4, -0.2) is 76.2 Å². The highest BCUT2D eigenvalue weighted by Crippen LogP contribution is 2.28. The average molecular weight is 406 g/mol. The van der Waals surface area contributed by atoms with Crippen LogP contribution in [0, 0.1) is 0 Å². The highest BCUT2D eigenvalue weighted by atomic mass is 16.5. The summed E-state index contributed by atoms with van der Waals surface area (Å²) < 4.78 is 23.1. The molecule has 1 N–H and O–H groups in total. The molecule has 2 unspecified atom stereocenters. The van der Waals surface area contributed by atoms with E-state index in [-0.39, 0.29) is 12.2 Å². The molecule has 0 aromatic heterocycles. The predicted molar refractivity (Wildman–Crippen MR) is 114 cm³/mol. The molecule has 0 saturated carbocycles. The minimum Gasteiger partial charge on any atom is -0.490 e. The lowest BCUT2D eigenvalue weighted by molar-refractivity contribution is -0.0816. The van der Waals surface area contributed by atoms with E-state index >= 15 is 0 Å². The third-order valence-corrected chi connectivity index (χ3v) is 5.29. The van der Waals surface area contributed by atoms with Crippen LogP contribution < -0.4 is 14.8 Å². The van der Waals surface area contributed by atoms with Crippen LogP contribution in [0.25, 0.3) is 0 Å². The minimum atomic E-state index is 0.129. The van der Waals surface area contributed by atoms with Crippen LogP contribution in [0.1, 0.15) is 32.3 Å². The van der Waals surface area contributed by atoms with E-state index in [2.05, 4.69) is 27.3 Å². The number of morpholine rings is 1. The van der Waals surface area contributed by atoms with Gasteiger partial charge in [0.1, 0.15) is 6.10 Å². The molecule has 2 aliphatic rings. The monoisotopic (exact) mass is 405 g/mol. The lowest BCUT2D eigenvalue weighted by Crippen LogP contribution is -2.53. The van der Waals surface area contributed by atoms with Crippen LogP contribution in [0.5, 0.6) is 11.5 Å². The number of ether oxygens (including phenoxy) is 4. The second-order valence-electron chi connectivity index (χ2n) is 7.28. The topological polar surface area (TPSA) is 64.6 Å². The van der Waals surface area contributed by atoms with E-state index < -0.39 is 0 Å². The SMILES string of the molecule is CCOc1ccc(CCNC(=NC)N2CCOC(C3CCCO3)C2)cc1OCC. The Bertz CT molecular complexity index is 661. The van der Waals surface area contributed by atoms with Gasteiger partial charge in [0.05, 0.1) is 25.9 Å². The summed E-state index contributed by atoms with van der Waals surface area (Å²) in [5.41, 5.74) is 1.21. The van der Waals surface area contributed by atoms with E-state index in [1.165, 1.54) is 5.56 Å². The molecule has 2 heterocycles. The first-order valence-electron chi connectivity index (χ1n) is 10.8. The van der Waals surface area contributed by atoms with Gasteiger partial charge in [0.15, 0.2) is 17.5 Å². The molecule has 2 fully saturated rings. The van der Waals surface area contributed by atoms with Crippen LogP contribution in [0.3, 0.4) is 0 Å². The molecule has 7 heteroatoms. The summed E-state index contributed by atoms with van der Waals surface area (Å²) in [6.45, 7) is 9.25. The van der Waals surface area contributed by atoms with Gasteiger partial charge in [-0.1, -0.05) is 6.07 Å². The van der Waals surface area contributed by atoms with E-state index in [4.69, 9.17) is 18.9 Å². The van der Waals surface area contributed by atoms with Crippen molar-refractivity contribution in [1.29, 1.82) is 0 Å². The van der Waals surface area contributed by atoms with Crippen molar-refractivity contribution < 1.29 is 18.9 Å². The summed E-state index contributed by atoms with van der Waals surface area (Å²) in [5, 5.41) is 3.50. The lowest BCUT2D eigenvalue weighted by Gasteiger charge is -2.37. The number of nitrogens with zero attached hydrogens (tertiary/aromatic N) is 2. The van der Waals surface area contributed by atoms with E-state index in [1.54, 1.807) is 0 Å². The maximum atomic E-state index is 5.95. The Morgan fingerprint density at radius 2 is 1.93 bits per heavy atom. The zero-order valence-electron chi connectivity index (χ0n) is 18.0. The molecule has 2 saturated heterocycles. The van der Waals surface area contributed by atoms with Crippen LogP contribution in [0.15, 0.2) is 23.2 Å². The molecule has 2 atom stereocenters. The van der Waals surface area contributed by atoms with Gasteiger partial charge in [0.25, 0.3) is 0 Å². The summed E-state index contributed by atoms with van der Waals surface area (Å²) >= 11 is 0. The molecular weight excluding hydrogens is 370 g/mol. The smallest absolute Gasteiger partial charge is 0.193 e. The number of guanidine groups is 1. The average Bonchev–Trinajstić information content (AvgIpc) is 3.28. The molecule has 2 aliphatic heterocycles. The summed E-state index contributed by atoms with van der Waals surface area (Å²) in [4.78, 5) is 6.76. The number of benzene rings is 1. The van der Waals surface area contributed by atoms with Crippen molar-refractivity contribution in [2.75, 3.05) is 53.1 Å². The molecule has 1 aromatic rings. The first kappa shape index (κ1) is 21.7. The van der Waals surface area contributed by atoms with Gasteiger partial charge in [0, 0.05) is 33.3 Å². The van der Waals surface area contributed by atoms with Crippen molar-refractivity contribution in [2.45, 2.75) is 45.3 Å². The fourth-order valence-corrected chi connectivity index (χ4v) is 3.89. The Kier molecular flexibility index (Phi) is 8.43. The first-order chi connectivity index (χ1) is 14.2. The second kappa shape index (κ2) is 11.3. The van der Waals surface area contributed by atoms with Gasteiger partial charge in [0.2, 0.25) is 0 Å². The molecule has 162 valence electrons. The Morgan fingerprint density at radius 1 is 1.14 bits per heavy atom. The predicted octanol–water partition coefficient (Wildman–Crippen LogP) is 2.48. The van der Waals surface area contributed by atoms with E-state index in [9.17, 15) is 0 Å². The molecular formula is C22H35N3O4. The lowest BCUT2D eigenvalue weighted by atomic mass is 10.1. The molecule has 0 radical (unpaired) electrons. The highest BCUT2D eigenvalue weighted by Gasteiger charge is 2.32. The maximum Gasteiger partial charge on any atom is 0.193 e. The summed E-state index contributed by atoms with van der Waals surface area (Å²) in [7, 11) is 1.84. The van der Waals surface area contributed by atoms with Gasteiger partial charge in [-0.25, -0.2) is 0 Å². The van der Waals surface area contributed by atoms with Crippen molar-refractivity contribution in [1.82, 2.24) is 10.2 Å². The number of nitrogens with one attached hydrogen (secondary N) is 1. The third-order valence-electron chi connectivity index (χ3n) is 5.29. The highest BCUT2D eigenvalue weighted by molar-refractivity contribution is 5.80. The van der Waals surface area contributed by atoms with Crippen molar-refractivity contribution in [3.63, 3.8) is 0 Å². The van der Waals surface area contributed by atoms with Gasteiger partial charge in [-0.05, 0) is 50.8 Å². The summed E-state index contributed by atoms with van der Waals surface area (Å²) in [6, 6.07) is 6.16. The Hall–Kier alpha value is -1.99. The van der Waals surface area contributed by atoms with Crippen LogP contribution in [-0.2, 0) is 15.9 Å². The second-order valence-corrected chi connectivity index (χ2v) is 7.28. The largest absolute Gasteiger partial charge is 0.490 e. The normalized spacial score (nSPS) is 22.6. The van der Waals surface area contributed by atoms with Gasteiger partial charge < -0.3 is 29.2 Å². The fourth-order valence-electron chi connectivity index (χ4n) is 3.89. The van der Waals surface area contributed by atoms with Crippen molar-refractivity contribution in [3.8, 4) is 11.5 Å². The van der Waals surface area contributed by atoms with Gasteiger partial charge >= 0.3 is 0 Å². The standard InChI is InChI=1S/C22H35N3O4/c1-4-26-19-9-8-17(15-20(19)27-5-2)10-11-24-22(23-3)25-12-14-29-21(16-25)18-7-6-13-28-18/h8-9,15,18,21H,4-7,10-14,16H2,1-3H3,(H,23,24). The number of hydrogen-bond donors (Lipinski definition) is 1. The molecule has 1 aromatic carbocycles. The van der Waals surface area contributed by atoms with E-state index in [0.29, 0.717) is 19.8 Å². The number of hydrogen-bond acceptors (Lipinski definition) is 5. The van der Waals surface area contributed by atoms with Crippen LogP contribution in [0.4, 0.5) is 0 Å². The molecule has 0 aliphatic carbocycles. The molecule has 0 bridgehead atoms. The Morgan fingerprint density at radius 3 is 2.66 bits per heavy atom. The molecule has 3 rings (SSSR count). The third kappa shape index (κ3) is 6.00. The number of aliphatic imine (C=N–C) groups is 1. The van der Waals surface area contributed by atoms with E-state index in [0.717, 1.165) is 63.0 Å². The van der Waals surface area contributed by atoms with E-state index in [1.807, 2.05) is 27.0 Å². The Labute approximate surface area is 174 Å².